The van der Waals surface area contributed by atoms with Crippen molar-refractivity contribution in [1.29, 1.82) is 0 Å². The molecule has 4 heteroatoms. The summed E-state index contributed by atoms with van der Waals surface area (Å²) in [6.07, 6.45) is 18.7. The SMILES string of the molecule is O=COCCCCCCCCCCCCCCCCCC(=O)O. The molecule has 0 aromatic carbocycles. The summed E-state index contributed by atoms with van der Waals surface area (Å²) in [7, 11) is 0. The van der Waals surface area contributed by atoms with Crippen molar-refractivity contribution in [3.8, 4) is 0 Å². The second-order valence-corrected chi connectivity index (χ2v) is 6.41. The lowest BCUT2D eigenvalue weighted by Crippen LogP contribution is -1.93. The van der Waals surface area contributed by atoms with E-state index in [2.05, 4.69) is 4.74 Å². The molecule has 0 atom stereocenters. The number of hydrogen-bond acceptors (Lipinski definition) is 3. The van der Waals surface area contributed by atoms with Crippen molar-refractivity contribution in [3.05, 3.63) is 0 Å². The number of carbonyl (C=O) groups excluding carboxylic acids is 1. The Morgan fingerprint density at radius 3 is 1.35 bits per heavy atom. The summed E-state index contributed by atoms with van der Waals surface area (Å²) in [5.41, 5.74) is 0. The third-order valence-electron chi connectivity index (χ3n) is 4.22. The second-order valence-electron chi connectivity index (χ2n) is 6.41. The molecule has 0 saturated carbocycles. The van der Waals surface area contributed by atoms with Gasteiger partial charge in [-0.2, -0.15) is 0 Å². The van der Waals surface area contributed by atoms with Gasteiger partial charge < -0.3 is 9.84 Å². The van der Waals surface area contributed by atoms with Gasteiger partial charge in [-0.15, -0.1) is 0 Å². The van der Waals surface area contributed by atoms with Crippen LogP contribution in [0.4, 0.5) is 0 Å². The van der Waals surface area contributed by atoms with Gasteiger partial charge in [-0.25, -0.2) is 0 Å². The van der Waals surface area contributed by atoms with Crippen LogP contribution in [-0.4, -0.2) is 24.2 Å². The number of carboxylic acids is 1. The Balaban J connectivity index is 2.97. The Morgan fingerprint density at radius 1 is 0.652 bits per heavy atom. The first-order valence-corrected chi connectivity index (χ1v) is 9.54. The number of carboxylic acid groups (broad SMARTS) is 1. The first kappa shape index (κ1) is 21.9. The molecule has 0 aromatic rings. The van der Waals surface area contributed by atoms with Gasteiger partial charge in [-0.3, -0.25) is 9.59 Å². The highest BCUT2D eigenvalue weighted by Gasteiger charge is 1.97. The van der Waals surface area contributed by atoms with Gasteiger partial charge in [0.2, 0.25) is 0 Å². The fourth-order valence-corrected chi connectivity index (χ4v) is 2.81. The highest BCUT2D eigenvalue weighted by atomic mass is 16.5. The Bertz CT molecular complexity index is 266. The lowest BCUT2D eigenvalue weighted by Gasteiger charge is -2.03. The van der Waals surface area contributed by atoms with E-state index in [9.17, 15) is 9.59 Å². The van der Waals surface area contributed by atoms with Gasteiger partial charge in [0.05, 0.1) is 6.61 Å². The minimum Gasteiger partial charge on any atom is -0.481 e. The summed E-state index contributed by atoms with van der Waals surface area (Å²) in [4.78, 5) is 20.3. The molecule has 136 valence electrons. The normalized spacial score (nSPS) is 10.6. The van der Waals surface area contributed by atoms with E-state index in [4.69, 9.17) is 5.11 Å². The van der Waals surface area contributed by atoms with Gasteiger partial charge in [0, 0.05) is 6.42 Å². The first-order valence-electron chi connectivity index (χ1n) is 9.54. The number of unbranched alkanes of at least 4 members (excludes halogenated alkanes) is 14. The Kier molecular flexibility index (Phi) is 18.1. The number of ether oxygens (including phenoxy) is 1. The molecule has 0 fully saturated rings. The summed E-state index contributed by atoms with van der Waals surface area (Å²) in [6, 6.07) is 0. The molecule has 0 spiro atoms. The maximum absolute atomic E-state index is 10.4. The smallest absolute Gasteiger partial charge is 0.303 e. The van der Waals surface area contributed by atoms with Crippen molar-refractivity contribution < 1.29 is 19.4 Å². The van der Waals surface area contributed by atoms with Gasteiger partial charge in [0.15, 0.2) is 0 Å². The molecule has 1 N–H and O–H groups in total. The van der Waals surface area contributed by atoms with E-state index < -0.39 is 5.97 Å². The highest BCUT2D eigenvalue weighted by Crippen LogP contribution is 2.13. The lowest BCUT2D eigenvalue weighted by atomic mass is 10.0. The van der Waals surface area contributed by atoms with Gasteiger partial charge in [-0.05, 0) is 12.8 Å². The molecule has 0 aliphatic rings. The van der Waals surface area contributed by atoms with Crippen LogP contribution in [0.5, 0.6) is 0 Å². The molecule has 0 saturated heterocycles. The van der Waals surface area contributed by atoms with Gasteiger partial charge in [-0.1, -0.05) is 83.5 Å². The molecular weight excluding hydrogens is 292 g/mol. The van der Waals surface area contributed by atoms with Crippen molar-refractivity contribution in [1.82, 2.24) is 0 Å². The van der Waals surface area contributed by atoms with E-state index in [-0.39, 0.29) is 0 Å². The molecule has 4 nitrogen and oxygen atoms in total. The summed E-state index contributed by atoms with van der Waals surface area (Å²) >= 11 is 0. The molecule has 0 bridgehead atoms. The standard InChI is InChI=1S/C19H36O4/c20-18-23-17-15-13-11-9-7-5-3-1-2-4-6-8-10-12-14-16-19(21)22/h18H,1-17H2,(H,21,22). The minimum atomic E-state index is -0.670. The summed E-state index contributed by atoms with van der Waals surface area (Å²) in [6.45, 7) is 1.10. The number of rotatable bonds is 19. The topological polar surface area (TPSA) is 63.6 Å². The Labute approximate surface area is 142 Å². The third-order valence-corrected chi connectivity index (χ3v) is 4.22. The minimum absolute atomic E-state index is 0.326. The zero-order valence-corrected chi connectivity index (χ0v) is 14.8. The fourth-order valence-electron chi connectivity index (χ4n) is 2.81. The van der Waals surface area contributed by atoms with Crippen LogP contribution in [0.15, 0.2) is 0 Å². The molecule has 0 aromatic heterocycles. The van der Waals surface area contributed by atoms with Crippen molar-refractivity contribution in [3.63, 3.8) is 0 Å². The van der Waals surface area contributed by atoms with Crippen LogP contribution in [-0.2, 0) is 14.3 Å². The van der Waals surface area contributed by atoms with Crippen molar-refractivity contribution in [2.45, 2.75) is 103 Å². The Morgan fingerprint density at radius 2 is 1.00 bits per heavy atom. The van der Waals surface area contributed by atoms with E-state index in [1.165, 1.54) is 77.0 Å². The van der Waals surface area contributed by atoms with Crippen LogP contribution in [0.2, 0.25) is 0 Å². The Hall–Kier alpha value is -1.06. The summed E-state index contributed by atoms with van der Waals surface area (Å²) < 4.78 is 4.66. The summed E-state index contributed by atoms with van der Waals surface area (Å²) in [5, 5.41) is 8.53. The number of carbonyl (C=O) groups is 2. The van der Waals surface area contributed by atoms with Crippen LogP contribution < -0.4 is 0 Å². The van der Waals surface area contributed by atoms with Crippen LogP contribution in [0.3, 0.4) is 0 Å². The third kappa shape index (κ3) is 20.9. The lowest BCUT2D eigenvalue weighted by molar-refractivity contribution is -0.137. The van der Waals surface area contributed by atoms with Gasteiger partial charge in [0.1, 0.15) is 0 Å². The molecule has 0 aliphatic carbocycles. The molecule has 23 heavy (non-hydrogen) atoms. The van der Waals surface area contributed by atoms with E-state index in [0.29, 0.717) is 19.5 Å². The predicted molar refractivity (Wildman–Crippen MR) is 93.5 cm³/mol. The molecule has 0 amide bonds. The van der Waals surface area contributed by atoms with E-state index in [1.807, 2.05) is 0 Å². The highest BCUT2D eigenvalue weighted by molar-refractivity contribution is 5.66. The van der Waals surface area contributed by atoms with Crippen molar-refractivity contribution >= 4 is 12.4 Å². The molecule has 0 rings (SSSR count). The number of hydrogen-bond donors (Lipinski definition) is 1. The van der Waals surface area contributed by atoms with Crippen LogP contribution in [0.1, 0.15) is 103 Å². The quantitative estimate of drug-likeness (QED) is 0.252. The van der Waals surface area contributed by atoms with Crippen LogP contribution in [0, 0.1) is 0 Å². The zero-order valence-electron chi connectivity index (χ0n) is 14.8. The van der Waals surface area contributed by atoms with Gasteiger partial charge in [0.25, 0.3) is 6.47 Å². The second kappa shape index (κ2) is 19.0. The van der Waals surface area contributed by atoms with E-state index >= 15 is 0 Å². The van der Waals surface area contributed by atoms with E-state index in [1.54, 1.807) is 0 Å². The molecular formula is C19H36O4. The average molecular weight is 328 g/mol. The summed E-state index contributed by atoms with van der Waals surface area (Å²) in [5.74, 6) is -0.670. The molecule has 0 aliphatic heterocycles. The molecule has 0 radical (unpaired) electrons. The first-order chi connectivity index (χ1) is 11.3. The maximum atomic E-state index is 10.4. The van der Waals surface area contributed by atoms with Crippen LogP contribution in [0.25, 0.3) is 0 Å². The number of aliphatic carboxylic acids is 1. The predicted octanol–water partition coefficient (Wildman–Crippen LogP) is 5.49. The van der Waals surface area contributed by atoms with E-state index in [0.717, 1.165) is 19.3 Å². The van der Waals surface area contributed by atoms with Crippen molar-refractivity contribution in [2.75, 3.05) is 6.61 Å². The maximum Gasteiger partial charge on any atom is 0.303 e. The molecule has 0 heterocycles. The molecule has 0 unspecified atom stereocenters. The monoisotopic (exact) mass is 328 g/mol. The fraction of sp³-hybridized carbons (Fsp3) is 0.895. The van der Waals surface area contributed by atoms with Gasteiger partial charge >= 0.3 is 5.97 Å². The average Bonchev–Trinajstić information content (AvgIpc) is 2.53. The van der Waals surface area contributed by atoms with Crippen LogP contribution >= 0.6 is 0 Å². The van der Waals surface area contributed by atoms with Crippen molar-refractivity contribution in [2.24, 2.45) is 0 Å². The zero-order chi connectivity index (χ0) is 17.0. The largest absolute Gasteiger partial charge is 0.481 e.